The van der Waals surface area contributed by atoms with Crippen LogP contribution in [0.25, 0.3) is 22.3 Å². The van der Waals surface area contributed by atoms with Gasteiger partial charge in [0.25, 0.3) is 0 Å². The molecule has 0 bridgehead atoms. The molecule has 0 aromatic heterocycles. The van der Waals surface area contributed by atoms with Gasteiger partial charge in [-0.05, 0) is 52.6 Å². The third-order valence-corrected chi connectivity index (χ3v) is 4.64. The Kier molecular flexibility index (Phi) is 3.94. The van der Waals surface area contributed by atoms with Crippen molar-refractivity contribution in [2.75, 3.05) is 6.61 Å². The normalized spacial score (nSPS) is 12.5. The molecular formula is C21H15ClO3. The molecule has 0 fully saturated rings. The van der Waals surface area contributed by atoms with E-state index in [1.165, 1.54) is 0 Å². The van der Waals surface area contributed by atoms with Gasteiger partial charge in [-0.2, -0.15) is 0 Å². The number of hydrogen-bond donors (Lipinski definition) is 1. The van der Waals surface area contributed by atoms with Gasteiger partial charge < -0.3 is 9.84 Å². The van der Waals surface area contributed by atoms with Gasteiger partial charge in [-0.25, -0.2) is 4.79 Å². The molecule has 0 amide bonds. The average molecular weight is 351 g/mol. The monoisotopic (exact) mass is 350 g/mol. The minimum Gasteiger partial charge on any atom is -0.493 e. The molecule has 0 atom stereocenters. The predicted octanol–water partition coefficient (Wildman–Crippen LogP) is 5.31. The van der Waals surface area contributed by atoms with Crippen molar-refractivity contribution < 1.29 is 14.6 Å². The van der Waals surface area contributed by atoms with Crippen molar-refractivity contribution in [3.05, 3.63) is 76.8 Å². The zero-order chi connectivity index (χ0) is 17.4. The first-order valence-electron chi connectivity index (χ1n) is 8.02. The standard InChI is InChI=1S/C21H15ClO3/c22-16-4-1-3-13(12-16)17-5-2-6-18(21(23)24)20(17)15-7-8-19-14(11-15)9-10-25-19/h1-8,11-12H,9-10H2,(H,23,24). The number of halogens is 1. The van der Waals surface area contributed by atoms with Gasteiger partial charge in [0.15, 0.2) is 0 Å². The molecule has 0 saturated carbocycles. The molecule has 0 saturated heterocycles. The van der Waals surface area contributed by atoms with E-state index >= 15 is 0 Å². The third kappa shape index (κ3) is 2.87. The maximum Gasteiger partial charge on any atom is 0.336 e. The molecule has 25 heavy (non-hydrogen) atoms. The van der Waals surface area contributed by atoms with Crippen molar-refractivity contribution in [2.45, 2.75) is 6.42 Å². The molecule has 1 heterocycles. The minimum absolute atomic E-state index is 0.274. The van der Waals surface area contributed by atoms with Crippen molar-refractivity contribution in [1.29, 1.82) is 0 Å². The fourth-order valence-electron chi connectivity index (χ4n) is 3.28. The highest BCUT2D eigenvalue weighted by molar-refractivity contribution is 6.30. The highest BCUT2D eigenvalue weighted by Crippen LogP contribution is 2.38. The summed E-state index contributed by atoms with van der Waals surface area (Å²) >= 11 is 6.14. The first-order valence-corrected chi connectivity index (χ1v) is 8.39. The average Bonchev–Trinajstić information content (AvgIpc) is 3.08. The maximum atomic E-state index is 11.8. The molecule has 1 N–H and O–H groups in total. The maximum absolute atomic E-state index is 11.8. The number of carboxylic acids is 1. The van der Waals surface area contributed by atoms with Crippen LogP contribution in [0.5, 0.6) is 5.75 Å². The Hall–Kier alpha value is -2.78. The van der Waals surface area contributed by atoms with E-state index in [9.17, 15) is 9.90 Å². The summed E-state index contributed by atoms with van der Waals surface area (Å²) in [6.45, 7) is 0.667. The first-order chi connectivity index (χ1) is 12.1. The summed E-state index contributed by atoms with van der Waals surface area (Å²) in [7, 11) is 0. The van der Waals surface area contributed by atoms with Crippen LogP contribution in [0.1, 0.15) is 15.9 Å². The number of aromatic carboxylic acids is 1. The molecule has 1 aliphatic rings. The third-order valence-electron chi connectivity index (χ3n) is 4.41. The van der Waals surface area contributed by atoms with E-state index < -0.39 is 5.97 Å². The van der Waals surface area contributed by atoms with Crippen molar-refractivity contribution in [2.24, 2.45) is 0 Å². The van der Waals surface area contributed by atoms with Crippen LogP contribution in [-0.4, -0.2) is 17.7 Å². The molecule has 3 aromatic rings. The van der Waals surface area contributed by atoms with Crippen molar-refractivity contribution in [1.82, 2.24) is 0 Å². The van der Waals surface area contributed by atoms with E-state index in [2.05, 4.69) is 0 Å². The van der Waals surface area contributed by atoms with Crippen LogP contribution in [0.15, 0.2) is 60.7 Å². The smallest absolute Gasteiger partial charge is 0.336 e. The Morgan fingerprint density at radius 3 is 2.64 bits per heavy atom. The number of rotatable bonds is 3. The van der Waals surface area contributed by atoms with Crippen LogP contribution in [-0.2, 0) is 6.42 Å². The van der Waals surface area contributed by atoms with Crippen molar-refractivity contribution >= 4 is 17.6 Å². The summed E-state index contributed by atoms with van der Waals surface area (Å²) in [5.74, 6) is -0.0727. The summed E-state index contributed by atoms with van der Waals surface area (Å²) in [4.78, 5) is 11.8. The van der Waals surface area contributed by atoms with Gasteiger partial charge in [0.2, 0.25) is 0 Å². The SMILES string of the molecule is O=C(O)c1cccc(-c2cccc(Cl)c2)c1-c1ccc2c(c1)CCO2. The fourth-order valence-corrected chi connectivity index (χ4v) is 3.47. The van der Waals surface area contributed by atoms with Crippen molar-refractivity contribution in [3.8, 4) is 28.0 Å². The van der Waals surface area contributed by atoms with Crippen LogP contribution in [0, 0.1) is 0 Å². The summed E-state index contributed by atoms with van der Waals surface area (Å²) < 4.78 is 5.56. The molecule has 124 valence electrons. The predicted molar refractivity (Wildman–Crippen MR) is 98.5 cm³/mol. The Morgan fingerprint density at radius 1 is 1.00 bits per heavy atom. The molecular weight excluding hydrogens is 336 g/mol. The van der Waals surface area contributed by atoms with E-state index in [1.54, 1.807) is 18.2 Å². The zero-order valence-corrected chi connectivity index (χ0v) is 14.1. The van der Waals surface area contributed by atoms with Gasteiger partial charge in [0.1, 0.15) is 5.75 Å². The lowest BCUT2D eigenvalue weighted by Crippen LogP contribution is -2.01. The van der Waals surface area contributed by atoms with E-state index in [-0.39, 0.29) is 5.56 Å². The van der Waals surface area contributed by atoms with Crippen molar-refractivity contribution in [3.63, 3.8) is 0 Å². The number of hydrogen-bond acceptors (Lipinski definition) is 2. The molecule has 4 heteroatoms. The first kappa shape index (κ1) is 15.7. The van der Waals surface area contributed by atoms with Crippen LogP contribution in [0.4, 0.5) is 0 Å². The molecule has 3 nitrogen and oxygen atoms in total. The largest absolute Gasteiger partial charge is 0.493 e. The van der Waals surface area contributed by atoms with Gasteiger partial charge in [-0.15, -0.1) is 0 Å². The Bertz CT molecular complexity index is 979. The van der Waals surface area contributed by atoms with Crippen LogP contribution < -0.4 is 4.74 Å². The molecule has 0 radical (unpaired) electrons. The highest BCUT2D eigenvalue weighted by Gasteiger charge is 2.19. The van der Waals surface area contributed by atoms with E-state index in [0.29, 0.717) is 17.2 Å². The summed E-state index contributed by atoms with van der Waals surface area (Å²) in [5, 5.41) is 10.3. The van der Waals surface area contributed by atoms with Crippen LogP contribution in [0.3, 0.4) is 0 Å². The van der Waals surface area contributed by atoms with Gasteiger partial charge in [0, 0.05) is 17.0 Å². The number of ether oxygens (including phenoxy) is 1. The van der Waals surface area contributed by atoms with Crippen LogP contribution >= 0.6 is 11.6 Å². The van der Waals surface area contributed by atoms with E-state index in [4.69, 9.17) is 16.3 Å². The van der Waals surface area contributed by atoms with Gasteiger partial charge in [0.05, 0.1) is 12.2 Å². The zero-order valence-electron chi connectivity index (χ0n) is 13.3. The second-order valence-corrected chi connectivity index (χ2v) is 6.40. The second kappa shape index (κ2) is 6.26. The van der Waals surface area contributed by atoms with E-state index in [0.717, 1.165) is 34.4 Å². The quantitative estimate of drug-likeness (QED) is 0.696. The summed E-state index contributed by atoms with van der Waals surface area (Å²) in [5.41, 5.74) is 4.69. The molecule has 4 rings (SSSR count). The van der Waals surface area contributed by atoms with Gasteiger partial charge in [-0.3, -0.25) is 0 Å². The van der Waals surface area contributed by atoms with Crippen LogP contribution in [0.2, 0.25) is 5.02 Å². The number of carbonyl (C=O) groups is 1. The molecule has 1 aliphatic heterocycles. The lowest BCUT2D eigenvalue weighted by molar-refractivity contribution is 0.0698. The Balaban J connectivity index is 1.97. The molecule has 0 aliphatic carbocycles. The number of fused-ring (bicyclic) bond motifs is 1. The summed E-state index contributed by atoms with van der Waals surface area (Å²) in [6, 6.07) is 18.6. The highest BCUT2D eigenvalue weighted by atomic mass is 35.5. The molecule has 0 spiro atoms. The Labute approximate surface area is 150 Å². The topological polar surface area (TPSA) is 46.5 Å². The lowest BCUT2D eigenvalue weighted by Gasteiger charge is -2.14. The van der Waals surface area contributed by atoms with Gasteiger partial charge >= 0.3 is 5.97 Å². The van der Waals surface area contributed by atoms with Gasteiger partial charge in [-0.1, -0.05) is 41.9 Å². The molecule has 3 aromatic carbocycles. The summed E-state index contributed by atoms with van der Waals surface area (Å²) in [6.07, 6.45) is 0.838. The minimum atomic E-state index is -0.948. The number of benzene rings is 3. The lowest BCUT2D eigenvalue weighted by atomic mass is 9.89. The molecule has 0 unspecified atom stereocenters. The second-order valence-electron chi connectivity index (χ2n) is 5.96. The number of carboxylic acid groups (broad SMARTS) is 1. The fraction of sp³-hybridized carbons (Fsp3) is 0.0952. The van der Waals surface area contributed by atoms with E-state index in [1.807, 2.05) is 42.5 Å². The Morgan fingerprint density at radius 2 is 1.84 bits per heavy atom.